The summed E-state index contributed by atoms with van der Waals surface area (Å²) in [5.41, 5.74) is 25.1. The second kappa shape index (κ2) is 60.0. The minimum absolute atomic E-state index is 0.858. The van der Waals surface area contributed by atoms with E-state index < -0.39 is 0 Å². The maximum absolute atomic E-state index is 2.52. The monoisotopic (exact) mass is 1390 g/mol. The first-order valence-corrected chi connectivity index (χ1v) is 45.5. The molecule has 0 amide bonds. The first kappa shape index (κ1) is 92.1. The molecule has 2 unspecified atom stereocenters. The van der Waals surface area contributed by atoms with E-state index in [4.69, 9.17) is 0 Å². The molecule has 2 atom stereocenters. The van der Waals surface area contributed by atoms with Crippen LogP contribution < -0.4 is 0 Å². The van der Waals surface area contributed by atoms with Crippen LogP contribution in [0.2, 0.25) is 0 Å². The summed E-state index contributed by atoms with van der Waals surface area (Å²) >= 11 is 0. The van der Waals surface area contributed by atoms with Crippen molar-refractivity contribution < 1.29 is 0 Å². The van der Waals surface area contributed by atoms with Crippen LogP contribution in [0.4, 0.5) is 0 Å². The minimum atomic E-state index is 0.858. The molecular weight excluding hydrogens is 1210 g/mol. The Morgan fingerprint density at radius 2 is 0.446 bits per heavy atom. The maximum Gasteiger partial charge on any atom is -0.0248 e. The normalized spacial score (nSPS) is 14.1. The van der Waals surface area contributed by atoms with E-state index in [1.807, 2.05) is 0 Å². The zero-order valence-electron chi connectivity index (χ0n) is 71.2. The van der Waals surface area contributed by atoms with Crippen LogP contribution >= 0.6 is 0 Å². The van der Waals surface area contributed by atoms with Crippen molar-refractivity contribution in [2.45, 2.75) is 477 Å². The summed E-state index contributed by atoms with van der Waals surface area (Å²) in [6.07, 6.45) is 79.5. The summed E-state index contributed by atoms with van der Waals surface area (Å²) in [4.78, 5) is 0. The number of unbranched alkanes of at least 4 members (excludes halogenated alkanes) is 27. The summed E-state index contributed by atoms with van der Waals surface area (Å²) in [7, 11) is 0. The third-order valence-corrected chi connectivity index (χ3v) is 24.8. The van der Waals surface area contributed by atoms with Gasteiger partial charge < -0.3 is 0 Å². The lowest BCUT2D eigenvalue weighted by atomic mass is 9.83. The lowest BCUT2D eigenvalue weighted by Gasteiger charge is -2.23. The van der Waals surface area contributed by atoms with Crippen LogP contribution in [0, 0.1) is 79.1 Å². The Balaban J connectivity index is 0.000000351. The third-order valence-electron chi connectivity index (χ3n) is 24.8. The van der Waals surface area contributed by atoms with Crippen LogP contribution in [0.1, 0.15) is 459 Å². The summed E-state index contributed by atoms with van der Waals surface area (Å²) in [6.45, 7) is 37.1. The van der Waals surface area contributed by atoms with E-state index in [9.17, 15) is 0 Å². The topological polar surface area (TPSA) is 0 Å². The molecule has 0 heterocycles. The summed E-state index contributed by atoms with van der Waals surface area (Å²) in [5, 5.41) is 0. The van der Waals surface area contributed by atoms with Gasteiger partial charge in [0, 0.05) is 0 Å². The highest BCUT2D eigenvalue weighted by Crippen LogP contribution is 2.33. The van der Waals surface area contributed by atoms with E-state index in [1.165, 1.54) is 399 Å². The SMILES string of the molecule is CCCCC(CC)Cc1cc(C)c(CC(CC)CCC)cc1C.CCCCCCCCCCc1cc(C)c(CCCCCCCCCC)cc1C.CCCCCCCCCc1cc(C)c(CCCCCCCCC)cc1C.Cc1cc(CCC2CCCCC2)c(C)cc1CCC1CCCCC1. The Labute approximate surface area is 634 Å². The average Bonchev–Trinajstić information content (AvgIpc) is 0.861. The van der Waals surface area contributed by atoms with E-state index in [2.05, 4.69) is 159 Å². The van der Waals surface area contributed by atoms with Crippen molar-refractivity contribution in [2.24, 2.45) is 23.7 Å². The highest BCUT2D eigenvalue weighted by molar-refractivity contribution is 5.40. The van der Waals surface area contributed by atoms with Gasteiger partial charge in [-0.3, -0.25) is 0 Å². The van der Waals surface area contributed by atoms with Gasteiger partial charge in [0.2, 0.25) is 0 Å². The van der Waals surface area contributed by atoms with Crippen LogP contribution in [0.3, 0.4) is 0 Å². The van der Waals surface area contributed by atoms with Crippen molar-refractivity contribution in [3.05, 3.63) is 138 Å². The third kappa shape index (κ3) is 42.1. The predicted octanol–water partition coefficient (Wildman–Crippen LogP) is 33.3. The van der Waals surface area contributed by atoms with Gasteiger partial charge in [0.15, 0.2) is 0 Å². The average molecular weight is 1390 g/mol. The first-order valence-electron chi connectivity index (χ1n) is 45.5. The number of hydrogen-bond donors (Lipinski definition) is 0. The molecule has 0 aromatic heterocycles. The molecule has 578 valence electrons. The molecule has 4 aromatic carbocycles. The molecule has 4 aromatic rings. The lowest BCUT2D eigenvalue weighted by molar-refractivity contribution is 0.338. The van der Waals surface area contributed by atoms with Crippen molar-refractivity contribution in [1.29, 1.82) is 0 Å². The standard InChI is InChI=1S/C28H50.C26H46.C24H38.C23H40/c1-5-7-9-11-13-15-17-19-21-27-23-26(4)28(24-25(27)3)22-20-18-16-14-12-10-8-6-2;1-5-7-9-11-13-15-17-19-25-21-24(4)26(22-23(25)3)20-18-16-14-12-10-8-6-2;1-19-17-24(16-14-22-11-7-4-8-12-22)20(2)18-23(19)15-13-21-9-5-3-6-10-21;1-7-11-13-21(10-4)17-23-15-18(5)22(14-19(23)6)16-20(9-3)12-8-2/h23-24H,5-22H2,1-4H3;21-22H,5-20H2,1-4H3;17-18,21-22H,3-16H2,1-2H3;14-15,20-21H,7-13,16-17H2,1-6H3. The molecule has 0 heteroatoms. The largest absolute Gasteiger partial charge is 0.0654 e. The molecule has 0 spiro atoms. The van der Waals surface area contributed by atoms with Gasteiger partial charge >= 0.3 is 0 Å². The molecule has 2 aliphatic rings. The molecule has 0 N–H and O–H groups in total. The predicted molar refractivity (Wildman–Crippen MR) is 459 cm³/mol. The summed E-state index contributed by atoms with van der Waals surface area (Å²) in [6, 6.07) is 20.0. The van der Waals surface area contributed by atoms with Gasteiger partial charge in [0.1, 0.15) is 0 Å². The number of hydrogen-bond acceptors (Lipinski definition) is 0. The van der Waals surface area contributed by atoms with E-state index in [0.29, 0.717) is 0 Å². The maximum atomic E-state index is 2.52. The zero-order valence-corrected chi connectivity index (χ0v) is 71.2. The van der Waals surface area contributed by atoms with Crippen LogP contribution in [0.5, 0.6) is 0 Å². The summed E-state index contributed by atoms with van der Waals surface area (Å²) < 4.78 is 0. The number of benzene rings is 4. The van der Waals surface area contributed by atoms with Gasteiger partial charge in [-0.2, -0.15) is 0 Å². The van der Waals surface area contributed by atoms with Gasteiger partial charge in [-0.25, -0.2) is 0 Å². The second-order valence-electron chi connectivity index (χ2n) is 34.0. The Hall–Kier alpha value is -3.12. The van der Waals surface area contributed by atoms with Gasteiger partial charge in [0.05, 0.1) is 0 Å². The molecule has 6 rings (SSSR count). The van der Waals surface area contributed by atoms with Crippen molar-refractivity contribution in [3.8, 4) is 0 Å². The first-order chi connectivity index (χ1) is 49.1. The van der Waals surface area contributed by atoms with Crippen LogP contribution in [0.25, 0.3) is 0 Å². The lowest BCUT2D eigenvalue weighted by Crippen LogP contribution is -2.09. The van der Waals surface area contributed by atoms with E-state index in [-0.39, 0.29) is 0 Å². The van der Waals surface area contributed by atoms with Gasteiger partial charge in [-0.15, -0.1) is 0 Å². The Kier molecular flexibility index (Phi) is 54.7. The molecule has 101 heavy (non-hydrogen) atoms. The highest BCUT2D eigenvalue weighted by atomic mass is 14.2. The molecular formula is C101H174. The van der Waals surface area contributed by atoms with E-state index in [0.717, 1.165) is 23.7 Å². The Morgan fingerprint density at radius 3 is 0.693 bits per heavy atom. The van der Waals surface area contributed by atoms with Gasteiger partial charge in [-0.1, -0.05) is 380 Å². The van der Waals surface area contributed by atoms with Crippen molar-refractivity contribution >= 4 is 0 Å². The molecule has 0 aliphatic heterocycles. The Morgan fingerprint density at radius 1 is 0.228 bits per heavy atom. The molecule has 2 fully saturated rings. The highest BCUT2D eigenvalue weighted by Gasteiger charge is 2.18. The molecule has 0 nitrogen and oxygen atoms in total. The second-order valence-corrected chi connectivity index (χ2v) is 34.0. The number of rotatable bonds is 51. The van der Waals surface area contributed by atoms with Crippen molar-refractivity contribution in [2.75, 3.05) is 0 Å². The fraction of sp³-hybridized carbons (Fsp3) is 0.762. The van der Waals surface area contributed by atoms with E-state index in [1.54, 1.807) is 55.6 Å². The van der Waals surface area contributed by atoms with Crippen LogP contribution in [0.15, 0.2) is 48.5 Å². The van der Waals surface area contributed by atoms with Crippen molar-refractivity contribution in [3.63, 3.8) is 0 Å². The number of aryl methyl sites for hydroxylation is 14. The molecule has 2 saturated carbocycles. The smallest absolute Gasteiger partial charge is 0.0248 e. The van der Waals surface area contributed by atoms with Crippen LogP contribution in [-0.4, -0.2) is 0 Å². The molecule has 0 bridgehead atoms. The fourth-order valence-corrected chi connectivity index (χ4v) is 17.3. The zero-order chi connectivity index (χ0) is 73.5. The molecule has 0 saturated heterocycles. The molecule has 0 radical (unpaired) electrons. The van der Waals surface area contributed by atoms with Crippen molar-refractivity contribution in [1.82, 2.24) is 0 Å². The summed E-state index contributed by atoms with van der Waals surface area (Å²) in [5.74, 6) is 3.73. The van der Waals surface area contributed by atoms with Gasteiger partial charge in [0.25, 0.3) is 0 Å². The Bertz CT molecular complexity index is 2470. The van der Waals surface area contributed by atoms with Gasteiger partial charge in [-0.05, 0) is 258 Å². The molecule has 2 aliphatic carbocycles. The quantitative estimate of drug-likeness (QED) is 0.0387. The fourth-order valence-electron chi connectivity index (χ4n) is 17.3. The van der Waals surface area contributed by atoms with Crippen LogP contribution in [-0.2, 0) is 51.4 Å². The van der Waals surface area contributed by atoms with E-state index >= 15 is 0 Å². The minimum Gasteiger partial charge on any atom is -0.0654 e.